The summed E-state index contributed by atoms with van der Waals surface area (Å²) in [6, 6.07) is 3.80. The van der Waals surface area contributed by atoms with Crippen LogP contribution in [0.15, 0.2) is 49.2 Å². The second-order valence-electron chi connectivity index (χ2n) is 6.83. The zero-order chi connectivity index (χ0) is 21.7. The minimum atomic E-state index is -1.08. The Morgan fingerprint density at radius 2 is 2.03 bits per heavy atom. The van der Waals surface area contributed by atoms with Gasteiger partial charge in [-0.15, -0.1) is 0 Å². The van der Waals surface area contributed by atoms with Gasteiger partial charge < -0.3 is 10.7 Å². The van der Waals surface area contributed by atoms with E-state index in [9.17, 15) is 13.6 Å². The molecule has 0 atom stereocenters. The average Bonchev–Trinajstić information content (AvgIpc) is 3.49. The summed E-state index contributed by atoms with van der Waals surface area (Å²) in [5.41, 5.74) is 5.77. The monoisotopic (exact) mass is 436 g/mol. The smallest absolute Gasteiger partial charge is 0.201 e. The number of ketones is 1. The Bertz CT molecular complexity index is 1470. The van der Waals surface area contributed by atoms with Crippen molar-refractivity contribution in [1.82, 2.24) is 24.5 Å². The van der Waals surface area contributed by atoms with E-state index in [1.807, 2.05) is 17.7 Å². The second-order valence-corrected chi connectivity index (χ2v) is 7.84. The Morgan fingerprint density at radius 1 is 1.19 bits per heavy atom. The van der Waals surface area contributed by atoms with Gasteiger partial charge in [0.15, 0.2) is 10.9 Å². The number of aromatic amines is 1. The first-order valence-corrected chi connectivity index (χ1v) is 9.97. The van der Waals surface area contributed by atoms with Crippen LogP contribution in [-0.4, -0.2) is 30.3 Å². The number of anilines is 1. The molecule has 3 N–H and O–H groups in total. The molecule has 0 aliphatic carbocycles. The van der Waals surface area contributed by atoms with E-state index in [-0.39, 0.29) is 11.3 Å². The number of halogens is 2. The number of benzene rings is 1. The van der Waals surface area contributed by atoms with Crippen molar-refractivity contribution < 1.29 is 13.6 Å². The highest BCUT2D eigenvalue weighted by atomic mass is 32.1. The zero-order valence-corrected chi connectivity index (χ0v) is 16.9. The highest BCUT2D eigenvalue weighted by Gasteiger charge is 2.24. The van der Waals surface area contributed by atoms with Gasteiger partial charge in [-0.2, -0.15) is 0 Å². The Labute approximate surface area is 178 Å². The van der Waals surface area contributed by atoms with Crippen LogP contribution in [0.2, 0.25) is 0 Å². The molecule has 0 radical (unpaired) electrons. The molecule has 7 nitrogen and oxygen atoms in total. The van der Waals surface area contributed by atoms with Crippen LogP contribution in [0.5, 0.6) is 0 Å². The average molecular weight is 436 g/mol. The first-order valence-electron chi connectivity index (χ1n) is 9.16. The number of thiazole rings is 1. The van der Waals surface area contributed by atoms with Crippen molar-refractivity contribution in [3.63, 3.8) is 0 Å². The molecule has 0 aliphatic rings. The molecule has 1 aromatic carbocycles. The fourth-order valence-electron chi connectivity index (χ4n) is 3.33. The van der Waals surface area contributed by atoms with Crippen LogP contribution < -0.4 is 5.73 Å². The maximum absolute atomic E-state index is 14.4. The van der Waals surface area contributed by atoms with Gasteiger partial charge in [0.05, 0.1) is 16.1 Å². The number of carbonyl (C=O) groups excluding carboxylic acids is 1. The molecular formula is C21H14F2N6OS. The number of nitrogen functional groups attached to an aromatic ring is 1. The number of hydrogen-bond donors (Lipinski definition) is 2. The minimum absolute atomic E-state index is 0.0999. The van der Waals surface area contributed by atoms with E-state index in [1.54, 1.807) is 24.7 Å². The molecule has 4 aromatic heterocycles. The summed E-state index contributed by atoms with van der Waals surface area (Å²) in [4.78, 5) is 29.6. The van der Waals surface area contributed by atoms with Gasteiger partial charge in [0, 0.05) is 47.5 Å². The summed E-state index contributed by atoms with van der Waals surface area (Å²) in [6.45, 7) is 1.88. The van der Waals surface area contributed by atoms with E-state index < -0.39 is 23.0 Å². The first-order chi connectivity index (χ1) is 14.9. The van der Waals surface area contributed by atoms with Crippen LogP contribution in [0.4, 0.5) is 14.5 Å². The van der Waals surface area contributed by atoms with Crippen LogP contribution in [0.1, 0.15) is 21.7 Å². The van der Waals surface area contributed by atoms with Crippen molar-refractivity contribution in [2.45, 2.75) is 6.92 Å². The van der Waals surface area contributed by atoms with Gasteiger partial charge in [-0.25, -0.2) is 23.7 Å². The predicted molar refractivity (Wildman–Crippen MR) is 113 cm³/mol. The number of aromatic nitrogens is 5. The van der Waals surface area contributed by atoms with Crippen LogP contribution in [0.3, 0.4) is 0 Å². The minimum Gasteiger partial charge on any atom is -0.396 e. The molecule has 0 spiro atoms. The maximum atomic E-state index is 14.4. The predicted octanol–water partition coefficient (Wildman–Crippen LogP) is 4.27. The molecule has 154 valence electrons. The van der Waals surface area contributed by atoms with E-state index in [1.165, 1.54) is 17.5 Å². The number of carbonyl (C=O) groups is 1. The van der Waals surface area contributed by atoms with Gasteiger partial charge in [0.2, 0.25) is 5.78 Å². The topological polar surface area (TPSA) is 102 Å². The molecule has 4 heterocycles. The Kier molecular flexibility index (Phi) is 4.36. The zero-order valence-electron chi connectivity index (χ0n) is 16.1. The van der Waals surface area contributed by atoms with Gasteiger partial charge in [-0.3, -0.25) is 9.36 Å². The fraction of sp³-hybridized carbons (Fsp3) is 0.0476. The Balaban J connectivity index is 1.59. The number of hydrogen-bond acceptors (Lipinski definition) is 6. The number of nitrogens with one attached hydrogen (secondary N) is 1. The van der Waals surface area contributed by atoms with E-state index in [0.717, 1.165) is 33.5 Å². The number of imidazole rings is 1. The molecule has 0 aliphatic heterocycles. The van der Waals surface area contributed by atoms with Crippen molar-refractivity contribution in [1.29, 1.82) is 0 Å². The SMILES string of the molecule is Cc1nccn1-c1ncc(-c2cnc3[nH]cc(C(=O)c4c(F)ccc(N)c4F)c3c2)s1. The largest absolute Gasteiger partial charge is 0.396 e. The third-order valence-electron chi connectivity index (χ3n) is 4.93. The van der Waals surface area contributed by atoms with Gasteiger partial charge in [0.25, 0.3) is 0 Å². The molecule has 0 fully saturated rings. The highest BCUT2D eigenvalue weighted by molar-refractivity contribution is 7.17. The summed E-state index contributed by atoms with van der Waals surface area (Å²) in [5, 5.41) is 1.18. The van der Waals surface area contributed by atoms with Gasteiger partial charge >= 0.3 is 0 Å². The Morgan fingerprint density at radius 3 is 2.81 bits per heavy atom. The number of aryl methyl sites for hydroxylation is 1. The van der Waals surface area contributed by atoms with Crippen LogP contribution in [0.25, 0.3) is 26.6 Å². The van der Waals surface area contributed by atoms with Crippen molar-refractivity contribution in [2.75, 3.05) is 5.73 Å². The summed E-state index contributed by atoms with van der Waals surface area (Å²) in [6.07, 6.45) is 8.24. The highest BCUT2D eigenvalue weighted by Crippen LogP contribution is 2.32. The molecule has 0 amide bonds. The van der Waals surface area contributed by atoms with E-state index in [4.69, 9.17) is 5.73 Å². The van der Waals surface area contributed by atoms with Crippen molar-refractivity contribution in [3.8, 4) is 15.6 Å². The van der Waals surface area contributed by atoms with Gasteiger partial charge in [-0.05, 0) is 25.1 Å². The summed E-state index contributed by atoms with van der Waals surface area (Å²) in [5.74, 6) is -2.06. The first kappa shape index (κ1) is 19.1. The Hall–Kier alpha value is -3.92. The number of nitrogens with zero attached hydrogens (tertiary/aromatic N) is 4. The van der Waals surface area contributed by atoms with Crippen LogP contribution in [0, 0.1) is 18.6 Å². The van der Waals surface area contributed by atoms with Crippen molar-refractivity contribution in [3.05, 3.63) is 77.8 Å². The molecule has 5 rings (SSSR count). The summed E-state index contributed by atoms with van der Waals surface area (Å²) < 4.78 is 30.5. The molecule has 5 aromatic rings. The molecule has 10 heteroatoms. The number of pyridine rings is 1. The number of nitrogens with two attached hydrogens (primary N) is 1. The molecule has 0 saturated heterocycles. The van der Waals surface area contributed by atoms with E-state index >= 15 is 0 Å². The molecular weight excluding hydrogens is 422 g/mol. The lowest BCUT2D eigenvalue weighted by molar-refractivity contribution is 0.103. The summed E-state index contributed by atoms with van der Waals surface area (Å²) in [7, 11) is 0. The lowest BCUT2D eigenvalue weighted by Crippen LogP contribution is -2.09. The molecule has 0 bridgehead atoms. The normalized spacial score (nSPS) is 11.3. The van der Waals surface area contributed by atoms with E-state index in [2.05, 4.69) is 19.9 Å². The summed E-state index contributed by atoms with van der Waals surface area (Å²) >= 11 is 1.43. The van der Waals surface area contributed by atoms with Crippen molar-refractivity contribution in [2.24, 2.45) is 0 Å². The van der Waals surface area contributed by atoms with Crippen molar-refractivity contribution >= 4 is 33.8 Å². The van der Waals surface area contributed by atoms with Gasteiger partial charge in [0.1, 0.15) is 17.3 Å². The lowest BCUT2D eigenvalue weighted by atomic mass is 10.0. The number of fused-ring (bicyclic) bond motifs is 1. The third-order valence-corrected chi connectivity index (χ3v) is 5.98. The molecule has 0 saturated carbocycles. The maximum Gasteiger partial charge on any atom is 0.201 e. The fourth-order valence-corrected chi connectivity index (χ4v) is 4.26. The van der Waals surface area contributed by atoms with E-state index in [0.29, 0.717) is 11.0 Å². The number of H-pyrrole nitrogens is 1. The number of rotatable bonds is 4. The second kappa shape index (κ2) is 7.10. The standard InChI is InChI=1S/C21H14F2N6OS/c1-10-25-4-5-29(10)21-28-9-16(31-21)11-6-12-13(8-27-20(12)26-7-11)19(30)17-14(22)2-3-15(24)18(17)23/h2-9H,24H2,1H3,(H,26,27). The third kappa shape index (κ3) is 3.08. The molecule has 31 heavy (non-hydrogen) atoms. The van der Waals surface area contributed by atoms with Crippen LogP contribution >= 0.6 is 11.3 Å². The quantitative estimate of drug-likeness (QED) is 0.324. The van der Waals surface area contributed by atoms with Crippen LogP contribution in [-0.2, 0) is 0 Å². The lowest BCUT2D eigenvalue weighted by Gasteiger charge is -2.06. The molecule has 0 unspecified atom stereocenters. The van der Waals surface area contributed by atoms with Gasteiger partial charge in [-0.1, -0.05) is 11.3 Å².